The first kappa shape index (κ1) is 28.2. The van der Waals surface area contributed by atoms with Gasteiger partial charge in [-0.1, -0.05) is 32.9 Å². The quantitative estimate of drug-likeness (QED) is 0.474. The van der Waals surface area contributed by atoms with Crippen LogP contribution >= 0.6 is 0 Å². The van der Waals surface area contributed by atoms with Gasteiger partial charge < -0.3 is 19.7 Å². The molecule has 1 unspecified atom stereocenters. The molecule has 1 N–H and O–H groups in total. The maximum Gasteiger partial charge on any atom is 0.244 e. The van der Waals surface area contributed by atoms with E-state index in [1.54, 1.807) is 19.1 Å². The molecule has 2 amide bonds. The Kier molecular flexibility index (Phi) is 9.36. The number of fused-ring (bicyclic) bond motifs is 1. The van der Waals surface area contributed by atoms with Crippen LogP contribution in [0.3, 0.4) is 0 Å². The molecule has 1 aliphatic heterocycles. The Morgan fingerprint density at radius 2 is 1.70 bits per heavy atom. The molecule has 9 nitrogen and oxygen atoms in total. The fourth-order valence-electron chi connectivity index (χ4n) is 3.93. The zero-order valence-corrected chi connectivity index (χ0v) is 22.4. The average Bonchev–Trinajstić information content (AvgIpc) is 2.86. The minimum absolute atomic E-state index is 0.00542. The van der Waals surface area contributed by atoms with Crippen molar-refractivity contribution < 1.29 is 31.9 Å². The number of amides is 2. The second-order valence-corrected chi connectivity index (χ2v) is 11.2. The summed E-state index contributed by atoms with van der Waals surface area (Å²) in [5.41, 5.74) is 0.842. The minimum atomic E-state index is -3.89. The van der Waals surface area contributed by atoms with Crippen molar-refractivity contribution in [2.75, 3.05) is 36.9 Å². The van der Waals surface area contributed by atoms with Gasteiger partial charge in [0.25, 0.3) is 0 Å². The van der Waals surface area contributed by atoms with Gasteiger partial charge in [0.2, 0.25) is 21.8 Å². The van der Waals surface area contributed by atoms with E-state index in [1.807, 2.05) is 13.8 Å². The molecule has 0 bridgehead atoms. The van der Waals surface area contributed by atoms with E-state index in [2.05, 4.69) is 5.32 Å². The van der Waals surface area contributed by atoms with E-state index in [9.17, 15) is 22.4 Å². The van der Waals surface area contributed by atoms with Crippen molar-refractivity contribution in [2.24, 2.45) is 5.92 Å². The second kappa shape index (κ2) is 12.3. The molecule has 1 aliphatic rings. The van der Waals surface area contributed by atoms with E-state index < -0.39 is 34.3 Å². The summed E-state index contributed by atoms with van der Waals surface area (Å²) in [5.74, 6) is -0.259. The lowest BCUT2D eigenvalue weighted by atomic mass is 10.1. The lowest BCUT2D eigenvalue weighted by Crippen LogP contribution is -2.52. The van der Waals surface area contributed by atoms with Crippen LogP contribution in [0.4, 0.5) is 10.1 Å². The molecule has 0 radical (unpaired) electrons. The predicted octanol–water partition coefficient (Wildman–Crippen LogP) is 2.94. The molecule has 202 valence electrons. The number of rotatable bonds is 11. The van der Waals surface area contributed by atoms with E-state index in [4.69, 9.17) is 9.47 Å². The Hall–Kier alpha value is -3.34. The number of nitrogens with zero attached hydrogens (tertiary/aromatic N) is 2. The van der Waals surface area contributed by atoms with Crippen LogP contribution in [-0.2, 0) is 26.2 Å². The zero-order valence-electron chi connectivity index (χ0n) is 21.6. The first-order valence-corrected chi connectivity index (χ1v) is 14.0. The third kappa shape index (κ3) is 7.58. The molecular weight excluding hydrogens is 501 g/mol. The highest BCUT2D eigenvalue weighted by Crippen LogP contribution is 2.34. The summed E-state index contributed by atoms with van der Waals surface area (Å²) in [4.78, 5) is 28.1. The van der Waals surface area contributed by atoms with Gasteiger partial charge >= 0.3 is 0 Å². The molecule has 3 rings (SSSR count). The van der Waals surface area contributed by atoms with Crippen LogP contribution < -0.4 is 19.1 Å². The van der Waals surface area contributed by atoms with Gasteiger partial charge in [0.15, 0.2) is 11.5 Å². The van der Waals surface area contributed by atoms with Crippen molar-refractivity contribution in [3.05, 3.63) is 53.8 Å². The highest BCUT2D eigenvalue weighted by Gasteiger charge is 2.32. The lowest BCUT2D eigenvalue weighted by Gasteiger charge is -2.33. The Balaban J connectivity index is 1.93. The van der Waals surface area contributed by atoms with Crippen LogP contribution in [0.15, 0.2) is 42.5 Å². The number of halogens is 1. The van der Waals surface area contributed by atoms with Gasteiger partial charge in [0.05, 0.1) is 11.9 Å². The Labute approximate surface area is 217 Å². The molecule has 1 heterocycles. The molecule has 0 aliphatic carbocycles. The van der Waals surface area contributed by atoms with Crippen molar-refractivity contribution in [3.8, 4) is 11.5 Å². The smallest absolute Gasteiger partial charge is 0.244 e. The summed E-state index contributed by atoms with van der Waals surface area (Å²) in [6.45, 7) is 6.30. The second-order valence-electron chi connectivity index (χ2n) is 9.31. The van der Waals surface area contributed by atoms with E-state index in [-0.39, 0.29) is 24.1 Å². The van der Waals surface area contributed by atoms with Gasteiger partial charge in [-0.05, 0) is 42.2 Å². The number of hydrogen-bond donors (Lipinski definition) is 1. The summed E-state index contributed by atoms with van der Waals surface area (Å²) in [5, 5.41) is 2.86. The topological polar surface area (TPSA) is 105 Å². The maximum absolute atomic E-state index is 13.7. The molecular formula is C26H34FN3O6S. The van der Waals surface area contributed by atoms with E-state index in [0.717, 1.165) is 10.6 Å². The number of ether oxygens (including phenoxy) is 2. The van der Waals surface area contributed by atoms with Gasteiger partial charge in [-0.25, -0.2) is 12.8 Å². The Morgan fingerprint density at radius 3 is 2.30 bits per heavy atom. The van der Waals surface area contributed by atoms with E-state index in [1.165, 1.54) is 35.2 Å². The minimum Gasteiger partial charge on any atom is -0.486 e. The summed E-state index contributed by atoms with van der Waals surface area (Å²) < 4.78 is 51.1. The molecule has 2 aromatic carbocycles. The van der Waals surface area contributed by atoms with Gasteiger partial charge in [-0.3, -0.25) is 13.9 Å². The SMILES string of the molecule is CCC(C(=O)NCC(C)C)N(Cc1ccc(F)cc1)C(=O)CN(c1ccc2c(c1)OCCO2)S(C)(=O)=O. The number of benzene rings is 2. The molecule has 2 aromatic rings. The molecule has 0 fully saturated rings. The molecule has 0 spiro atoms. The van der Waals surface area contributed by atoms with Crippen LogP contribution in [0.5, 0.6) is 11.5 Å². The van der Waals surface area contributed by atoms with Crippen molar-refractivity contribution >= 4 is 27.5 Å². The van der Waals surface area contributed by atoms with Crippen LogP contribution in [0.2, 0.25) is 0 Å². The number of nitrogens with one attached hydrogen (secondary N) is 1. The largest absolute Gasteiger partial charge is 0.486 e. The van der Waals surface area contributed by atoms with Gasteiger partial charge in [0.1, 0.15) is 31.6 Å². The monoisotopic (exact) mass is 535 g/mol. The summed E-state index contributed by atoms with van der Waals surface area (Å²) in [7, 11) is -3.89. The zero-order chi connectivity index (χ0) is 27.2. The molecule has 1 atom stereocenters. The lowest BCUT2D eigenvalue weighted by molar-refractivity contribution is -0.140. The molecule has 0 aromatic heterocycles. The Bertz CT molecular complexity index is 1200. The van der Waals surface area contributed by atoms with Crippen LogP contribution in [0, 0.1) is 11.7 Å². The summed E-state index contributed by atoms with van der Waals surface area (Å²) in [6.07, 6.45) is 1.31. The average molecular weight is 536 g/mol. The van der Waals surface area contributed by atoms with E-state index in [0.29, 0.717) is 43.2 Å². The number of carbonyl (C=O) groups is 2. The van der Waals surface area contributed by atoms with Crippen molar-refractivity contribution in [1.82, 2.24) is 10.2 Å². The van der Waals surface area contributed by atoms with Crippen LogP contribution in [0.25, 0.3) is 0 Å². The fraction of sp³-hybridized carbons (Fsp3) is 0.462. The Morgan fingerprint density at radius 1 is 1.05 bits per heavy atom. The van der Waals surface area contributed by atoms with Gasteiger partial charge in [0, 0.05) is 19.2 Å². The first-order valence-electron chi connectivity index (χ1n) is 12.2. The highest BCUT2D eigenvalue weighted by atomic mass is 32.2. The fourth-order valence-corrected chi connectivity index (χ4v) is 4.77. The van der Waals surface area contributed by atoms with E-state index >= 15 is 0 Å². The number of carbonyl (C=O) groups excluding carboxylic acids is 2. The number of hydrogen-bond acceptors (Lipinski definition) is 6. The van der Waals surface area contributed by atoms with Crippen molar-refractivity contribution in [1.29, 1.82) is 0 Å². The number of anilines is 1. The summed E-state index contributed by atoms with van der Waals surface area (Å²) in [6, 6.07) is 9.41. The van der Waals surface area contributed by atoms with Crippen LogP contribution in [0.1, 0.15) is 32.8 Å². The predicted molar refractivity (Wildman–Crippen MR) is 138 cm³/mol. The molecule has 37 heavy (non-hydrogen) atoms. The van der Waals surface area contributed by atoms with Crippen LogP contribution in [-0.4, -0.2) is 63.7 Å². The molecule has 0 saturated carbocycles. The molecule has 0 saturated heterocycles. The highest BCUT2D eigenvalue weighted by molar-refractivity contribution is 7.92. The maximum atomic E-state index is 13.7. The van der Waals surface area contributed by atoms with Gasteiger partial charge in [-0.2, -0.15) is 0 Å². The third-order valence-corrected chi connectivity index (χ3v) is 6.97. The van der Waals surface area contributed by atoms with Crippen molar-refractivity contribution in [2.45, 2.75) is 39.8 Å². The first-order chi connectivity index (χ1) is 17.5. The number of sulfonamides is 1. The normalized spacial score (nSPS) is 13.7. The molecule has 11 heteroatoms. The standard InChI is InChI=1S/C26H34FN3O6S/c1-5-22(26(32)28-15-18(2)3)29(16-19-6-8-20(27)9-7-19)25(31)17-30(37(4,33)34)21-10-11-23-24(14-21)36-13-12-35-23/h6-11,14,18,22H,5,12-13,15-17H2,1-4H3,(H,28,32). The van der Waals surface area contributed by atoms with Gasteiger partial charge in [-0.15, -0.1) is 0 Å². The van der Waals surface area contributed by atoms with Crippen molar-refractivity contribution in [3.63, 3.8) is 0 Å². The third-order valence-electron chi connectivity index (χ3n) is 5.83. The summed E-state index contributed by atoms with van der Waals surface area (Å²) >= 11 is 0.